The molecule has 3 aromatic rings. The minimum absolute atomic E-state index is 0.497. The second kappa shape index (κ2) is 10.8. The molecule has 0 saturated carbocycles. The minimum atomic E-state index is 0.497. The quantitative estimate of drug-likeness (QED) is 0.568. The zero-order valence-corrected chi connectivity index (χ0v) is 20.8. The van der Waals surface area contributed by atoms with Crippen LogP contribution < -0.4 is 14.8 Å². The van der Waals surface area contributed by atoms with E-state index >= 15 is 0 Å². The fourth-order valence-electron chi connectivity index (χ4n) is 5.37. The molecule has 1 saturated heterocycles. The van der Waals surface area contributed by atoms with Gasteiger partial charge in [0.05, 0.1) is 18.9 Å². The Labute approximate surface area is 212 Å². The lowest BCUT2D eigenvalue weighted by atomic mass is 9.90. The molecule has 1 aliphatic carbocycles. The summed E-state index contributed by atoms with van der Waals surface area (Å²) in [6.45, 7) is 5.66. The molecular weight excluding hydrogens is 452 g/mol. The predicted octanol–water partition coefficient (Wildman–Crippen LogP) is 4.80. The number of nitrogens with zero attached hydrogens (tertiary/aromatic N) is 3. The van der Waals surface area contributed by atoms with E-state index in [-0.39, 0.29) is 0 Å². The number of aromatic nitrogens is 2. The van der Waals surface area contributed by atoms with Crippen molar-refractivity contribution < 1.29 is 14.2 Å². The second-order valence-corrected chi connectivity index (χ2v) is 9.80. The van der Waals surface area contributed by atoms with Gasteiger partial charge < -0.3 is 24.4 Å². The van der Waals surface area contributed by atoms with Gasteiger partial charge in [-0.2, -0.15) is 0 Å². The minimum Gasteiger partial charge on any atom is -0.491 e. The highest BCUT2D eigenvalue weighted by molar-refractivity contribution is 5.72. The van der Waals surface area contributed by atoms with E-state index in [9.17, 15) is 0 Å². The van der Waals surface area contributed by atoms with E-state index in [4.69, 9.17) is 19.2 Å². The van der Waals surface area contributed by atoms with Gasteiger partial charge >= 0.3 is 0 Å². The molecule has 188 valence electrons. The molecule has 0 spiro atoms. The van der Waals surface area contributed by atoms with E-state index in [0.29, 0.717) is 32.4 Å². The van der Waals surface area contributed by atoms with Crippen LogP contribution in [0, 0.1) is 0 Å². The highest BCUT2D eigenvalue weighted by Gasteiger charge is 2.20. The summed E-state index contributed by atoms with van der Waals surface area (Å²) in [5.74, 6) is 2.33. The fourth-order valence-corrected chi connectivity index (χ4v) is 5.37. The summed E-state index contributed by atoms with van der Waals surface area (Å²) >= 11 is 0. The van der Waals surface area contributed by atoms with Crippen LogP contribution in [0.3, 0.4) is 0 Å². The van der Waals surface area contributed by atoms with E-state index in [2.05, 4.69) is 45.5 Å². The molecule has 0 unspecified atom stereocenters. The molecule has 2 aromatic carbocycles. The van der Waals surface area contributed by atoms with Crippen molar-refractivity contribution in [1.82, 2.24) is 14.9 Å². The smallest absolute Gasteiger partial charge is 0.227 e. The molecule has 6 bridgehead atoms. The molecule has 1 aromatic heterocycles. The van der Waals surface area contributed by atoms with Gasteiger partial charge in [-0.25, -0.2) is 9.97 Å². The molecule has 1 fully saturated rings. The summed E-state index contributed by atoms with van der Waals surface area (Å²) < 4.78 is 18.0. The molecule has 6 rings (SSSR count). The molecule has 3 aliphatic rings. The maximum absolute atomic E-state index is 6.20. The molecular formula is C29H34N4O3. The third-order valence-corrected chi connectivity index (χ3v) is 7.29. The molecule has 7 nitrogen and oxygen atoms in total. The fraction of sp³-hybridized carbons (Fsp3) is 0.448. The lowest BCUT2D eigenvalue weighted by Crippen LogP contribution is -2.20. The van der Waals surface area contributed by atoms with Crippen LogP contribution in [0.25, 0.3) is 11.3 Å². The molecule has 0 atom stereocenters. The summed E-state index contributed by atoms with van der Waals surface area (Å²) in [4.78, 5) is 12.1. The van der Waals surface area contributed by atoms with Crippen molar-refractivity contribution in [2.45, 2.75) is 38.5 Å². The highest BCUT2D eigenvalue weighted by atomic mass is 16.5. The van der Waals surface area contributed by atoms with E-state index in [0.717, 1.165) is 60.7 Å². The first-order valence-corrected chi connectivity index (χ1v) is 13.3. The summed E-state index contributed by atoms with van der Waals surface area (Å²) in [6.07, 6.45) is 8.67. The maximum atomic E-state index is 6.20. The monoisotopic (exact) mass is 486 g/mol. The number of hydrogen-bond donors (Lipinski definition) is 1. The van der Waals surface area contributed by atoms with Crippen molar-refractivity contribution in [2.24, 2.45) is 0 Å². The zero-order chi connectivity index (χ0) is 24.2. The van der Waals surface area contributed by atoms with Crippen LogP contribution in [0.1, 0.15) is 36.0 Å². The van der Waals surface area contributed by atoms with Crippen LogP contribution >= 0.6 is 0 Å². The van der Waals surface area contributed by atoms with Gasteiger partial charge in [0.2, 0.25) is 5.95 Å². The van der Waals surface area contributed by atoms with Gasteiger partial charge in [-0.15, -0.1) is 0 Å². The Bertz CT molecular complexity index is 1210. The lowest BCUT2D eigenvalue weighted by Gasteiger charge is -2.20. The third-order valence-electron chi connectivity index (χ3n) is 7.29. The van der Waals surface area contributed by atoms with Gasteiger partial charge in [-0.05, 0) is 93.0 Å². The second-order valence-electron chi connectivity index (χ2n) is 9.80. The first kappa shape index (κ1) is 23.3. The number of ether oxygens (including phenoxy) is 3. The normalized spacial score (nSPS) is 17.7. The molecule has 1 N–H and O–H groups in total. The van der Waals surface area contributed by atoms with Crippen LogP contribution in [-0.2, 0) is 24.0 Å². The Hall–Kier alpha value is -3.16. The number of rotatable bonds is 4. The average molecular weight is 487 g/mol. The Morgan fingerprint density at radius 3 is 2.67 bits per heavy atom. The SMILES string of the molecule is c1cc(CCCN2CCCC2)c2cc1Nc1ncc3c(n1)-c1cc(ccc1CC3)OCCOCCO2. The number of aryl methyl sites for hydroxylation is 3. The van der Waals surface area contributed by atoms with Crippen molar-refractivity contribution >= 4 is 11.6 Å². The topological polar surface area (TPSA) is 68.7 Å². The Balaban J connectivity index is 1.26. The van der Waals surface area contributed by atoms with E-state index in [1.54, 1.807) is 0 Å². The Kier molecular flexibility index (Phi) is 7.01. The van der Waals surface area contributed by atoms with Gasteiger partial charge in [0.25, 0.3) is 0 Å². The zero-order valence-electron chi connectivity index (χ0n) is 20.8. The highest BCUT2D eigenvalue weighted by Crippen LogP contribution is 2.35. The first-order valence-electron chi connectivity index (χ1n) is 13.3. The standard InChI is InChI=1S/C29H34N4O3/c1-2-12-33(11-1)13-3-4-22-7-9-24-18-27(22)36-17-15-34-14-16-35-25-10-8-21-5-6-23-20-30-29(31-24)32-28(23)26(21)19-25/h7-10,18-20H,1-6,11-17H2,(H,30,31,32). The number of likely N-dealkylation sites (tertiary alicyclic amines) is 1. The molecule has 0 radical (unpaired) electrons. The van der Waals surface area contributed by atoms with Crippen molar-refractivity contribution in [3.8, 4) is 22.8 Å². The number of fused-ring (bicyclic) bond motifs is 4. The molecule has 7 heteroatoms. The first-order chi connectivity index (χ1) is 17.8. The Morgan fingerprint density at radius 2 is 1.75 bits per heavy atom. The van der Waals surface area contributed by atoms with E-state index < -0.39 is 0 Å². The van der Waals surface area contributed by atoms with Crippen molar-refractivity contribution in [1.29, 1.82) is 0 Å². The third kappa shape index (κ3) is 5.32. The van der Waals surface area contributed by atoms with Gasteiger partial charge in [0.1, 0.15) is 24.7 Å². The van der Waals surface area contributed by atoms with Crippen LogP contribution in [0.2, 0.25) is 0 Å². The van der Waals surface area contributed by atoms with Gasteiger partial charge in [-0.1, -0.05) is 12.1 Å². The summed E-state index contributed by atoms with van der Waals surface area (Å²) in [5, 5.41) is 3.41. The van der Waals surface area contributed by atoms with Crippen LogP contribution in [-0.4, -0.2) is 60.9 Å². The number of anilines is 2. The van der Waals surface area contributed by atoms with Gasteiger partial charge in [0.15, 0.2) is 0 Å². The van der Waals surface area contributed by atoms with Crippen molar-refractivity contribution in [2.75, 3.05) is 51.4 Å². The molecule has 36 heavy (non-hydrogen) atoms. The summed E-state index contributed by atoms with van der Waals surface area (Å²) in [7, 11) is 0. The number of hydrogen-bond acceptors (Lipinski definition) is 7. The molecule has 3 heterocycles. The van der Waals surface area contributed by atoms with E-state index in [1.807, 2.05) is 12.3 Å². The van der Waals surface area contributed by atoms with Crippen LogP contribution in [0.4, 0.5) is 11.6 Å². The van der Waals surface area contributed by atoms with Gasteiger partial charge in [-0.3, -0.25) is 0 Å². The lowest BCUT2D eigenvalue weighted by molar-refractivity contribution is 0.0762. The number of benzene rings is 2. The maximum Gasteiger partial charge on any atom is 0.227 e. The summed E-state index contributed by atoms with van der Waals surface area (Å²) in [5.41, 5.74) is 6.72. The van der Waals surface area contributed by atoms with Crippen molar-refractivity contribution in [3.05, 3.63) is 59.3 Å². The largest absolute Gasteiger partial charge is 0.491 e. The molecule has 0 amide bonds. The van der Waals surface area contributed by atoms with Gasteiger partial charge in [0, 0.05) is 23.5 Å². The Morgan fingerprint density at radius 1 is 0.889 bits per heavy atom. The van der Waals surface area contributed by atoms with E-state index in [1.165, 1.54) is 42.6 Å². The summed E-state index contributed by atoms with van der Waals surface area (Å²) in [6, 6.07) is 12.6. The number of nitrogens with one attached hydrogen (secondary N) is 1. The van der Waals surface area contributed by atoms with Crippen LogP contribution in [0.5, 0.6) is 11.5 Å². The van der Waals surface area contributed by atoms with Crippen LogP contribution in [0.15, 0.2) is 42.6 Å². The van der Waals surface area contributed by atoms with Crippen molar-refractivity contribution in [3.63, 3.8) is 0 Å². The average Bonchev–Trinajstić information content (AvgIpc) is 3.42. The predicted molar refractivity (Wildman–Crippen MR) is 140 cm³/mol. The molecule has 2 aliphatic heterocycles.